The van der Waals surface area contributed by atoms with E-state index in [4.69, 9.17) is 14.2 Å². The summed E-state index contributed by atoms with van der Waals surface area (Å²) in [5.74, 6) is 1.25. The van der Waals surface area contributed by atoms with E-state index in [1.54, 1.807) is 0 Å². The van der Waals surface area contributed by atoms with Gasteiger partial charge in [-0.1, -0.05) is 30.3 Å². The Hall–Kier alpha value is -2.28. The predicted molar refractivity (Wildman–Crippen MR) is 125 cm³/mol. The Labute approximate surface area is 197 Å². The molecule has 7 nitrogen and oxygen atoms in total. The topological polar surface area (TPSA) is 68.3 Å². The van der Waals surface area contributed by atoms with Crippen molar-refractivity contribution in [3.05, 3.63) is 35.9 Å². The van der Waals surface area contributed by atoms with Crippen LogP contribution in [0, 0.1) is 17.8 Å². The van der Waals surface area contributed by atoms with Crippen LogP contribution in [0.4, 0.5) is 9.59 Å². The van der Waals surface area contributed by atoms with E-state index in [1.165, 1.54) is 0 Å². The van der Waals surface area contributed by atoms with E-state index >= 15 is 0 Å². The van der Waals surface area contributed by atoms with Crippen molar-refractivity contribution in [3.8, 4) is 0 Å². The number of hydrogen-bond acceptors (Lipinski definition) is 5. The van der Waals surface area contributed by atoms with Gasteiger partial charge in [0, 0.05) is 38.9 Å². The molecule has 0 N–H and O–H groups in total. The maximum atomic E-state index is 13.2. The number of benzene rings is 1. The average Bonchev–Trinajstić information content (AvgIpc) is 3.36. The molecule has 3 aliphatic rings. The largest absolute Gasteiger partial charge is 0.445 e. The number of fused-ring (bicyclic) bond motifs is 1. The summed E-state index contributed by atoms with van der Waals surface area (Å²) >= 11 is 0. The first kappa shape index (κ1) is 23.9. The first-order valence-corrected chi connectivity index (χ1v) is 12.3. The number of rotatable bonds is 5. The summed E-state index contributed by atoms with van der Waals surface area (Å²) in [6, 6.07) is 9.98. The maximum absolute atomic E-state index is 13.2. The summed E-state index contributed by atoms with van der Waals surface area (Å²) in [4.78, 5) is 29.5. The highest BCUT2D eigenvalue weighted by molar-refractivity contribution is 5.69. The lowest BCUT2D eigenvalue weighted by atomic mass is 9.98. The van der Waals surface area contributed by atoms with Gasteiger partial charge in [-0.05, 0) is 69.8 Å². The van der Waals surface area contributed by atoms with Crippen molar-refractivity contribution in [1.82, 2.24) is 9.80 Å². The Morgan fingerprint density at radius 1 is 1.06 bits per heavy atom. The fourth-order valence-corrected chi connectivity index (χ4v) is 5.38. The first-order valence-electron chi connectivity index (χ1n) is 12.3. The minimum Gasteiger partial charge on any atom is -0.445 e. The van der Waals surface area contributed by atoms with Gasteiger partial charge in [-0.2, -0.15) is 0 Å². The lowest BCUT2D eigenvalue weighted by Gasteiger charge is -2.34. The van der Waals surface area contributed by atoms with Crippen LogP contribution in [0.2, 0.25) is 0 Å². The second-order valence-corrected chi connectivity index (χ2v) is 10.8. The molecule has 1 aliphatic carbocycles. The number of hydrogen-bond donors (Lipinski definition) is 0. The molecule has 4 rings (SSSR count). The normalized spacial score (nSPS) is 25.5. The zero-order valence-electron chi connectivity index (χ0n) is 20.2. The van der Waals surface area contributed by atoms with Crippen molar-refractivity contribution in [2.75, 3.05) is 32.8 Å². The molecule has 1 aromatic rings. The van der Waals surface area contributed by atoms with Gasteiger partial charge in [0.15, 0.2) is 0 Å². The van der Waals surface area contributed by atoms with Crippen LogP contribution in [0.1, 0.15) is 52.0 Å². The molecule has 2 saturated heterocycles. The van der Waals surface area contributed by atoms with Crippen LogP contribution >= 0.6 is 0 Å². The lowest BCUT2D eigenvalue weighted by molar-refractivity contribution is 0.0251. The van der Waals surface area contributed by atoms with Crippen LogP contribution in [-0.4, -0.2) is 66.5 Å². The van der Waals surface area contributed by atoms with E-state index < -0.39 is 5.60 Å². The molecule has 2 heterocycles. The van der Waals surface area contributed by atoms with E-state index in [-0.39, 0.29) is 24.8 Å². The fourth-order valence-electron chi connectivity index (χ4n) is 5.38. The minimum atomic E-state index is -0.486. The molecule has 3 fully saturated rings. The van der Waals surface area contributed by atoms with Crippen molar-refractivity contribution in [2.45, 2.75) is 64.7 Å². The highest BCUT2D eigenvalue weighted by atomic mass is 16.6. The van der Waals surface area contributed by atoms with E-state index in [1.807, 2.05) is 60.9 Å². The second-order valence-electron chi connectivity index (χ2n) is 10.8. The lowest BCUT2D eigenvalue weighted by Crippen LogP contribution is -2.44. The standard InChI is InChI=1S/C26H38N2O5/c1-26(2,3)33-24(29)27-16-21-13-23(14-22(21)17-27)28(15-19-9-11-31-12-10-19)25(30)32-18-20-7-5-4-6-8-20/h4-8,19,21-23H,9-18H2,1-3H3/t21-,22?,23-/m0/s1. The van der Waals surface area contributed by atoms with Gasteiger partial charge in [-0.15, -0.1) is 0 Å². The van der Waals surface area contributed by atoms with Crippen molar-refractivity contribution >= 4 is 12.2 Å². The summed E-state index contributed by atoms with van der Waals surface area (Å²) in [6.45, 7) is 9.64. The molecule has 0 bridgehead atoms. The Balaban J connectivity index is 1.37. The van der Waals surface area contributed by atoms with Crippen LogP contribution in [0.15, 0.2) is 30.3 Å². The van der Waals surface area contributed by atoms with Gasteiger partial charge in [0.2, 0.25) is 0 Å². The molecule has 182 valence electrons. The molecule has 33 heavy (non-hydrogen) atoms. The van der Waals surface area contributed by atoms with Gasteiger partial charge < -0.3 is 24.0 Å². The Morgan fingerprint density at radius 2 is 1.70 bits per heavy atom. The quantitative estimate of drug-likeness (QED) is 0.640. The van der Waals surface area contributed by atoms with Crippen LogP contribution in [0.25, 0.3) is 0 Å². The number of nitrogens with zero attached hydrogens (tertiary/aromatic N) is 2. The van der Waals surface area contributed by atoms with Crippen molar-refractivity contribution in [2.24, 2.45) is 17.8 Å². The van der Waals surface area contributed by atoms with Crippen molar-refractivity contribution in [3.63, 3.8) is 0 Å². The Kier molecular flexibility index (Phi) is 7.47. The van der Waals surface area contributed by atoms with Gasteiger partial charge in [0.05, 0.1) is 0 Å². The van der Waals surface area contributed by atoms with E-state index in [2.05, 4.69) is 0 Å². The third kappa shape index (κ3) is 6.40. The molecule has 1 unspecified atom stereocenters. The van der Waals surface area contributed by atoms with Crippen LogP contribution in [0.5, 0.6) is 0 Å². The third-order valence-electron chi connectivity index (χ3n) is 7.05. The molecule has 2 amide bonds. The molecule has 3 atom stereocenters. The molecule has 0 spiro atoms. The molecule has 1 aromatic carbocycles. The van der Waals surface area contributed by atoms with Crippen molar-refractivity contribution in [1.29, 1.82) is 0 Å². The third-order valence-corrected chi connectivity index (χ3v) is 7.05. The van der Waals surface area contributed by atoms with E-state index in [0.717, 1.165) is 51.0 Å². The molecular formula is C26H38N2O5. The smallest absolute Gasteiger partial charge is 0.410 e. The van der Waals surface area contributed by atoms with Crippen LogP contribution in [-0.2, 0) is 20.8 Å². The van der Waals surface area contributed by atoms with E-state index in [9.17, 15) is 9.59 Å². The number of ether oxygens (including phenoxy) is 3. The number of carbonyl (C=O) groups excluding carboxylic acids is 2. The summed E-state index contributed by atoms with van der Waals surface area (Å²) in [5, 5.41) is 0. The molecule has 0 aromatic heterocycles. The van der Waals surface area contributed by atoms with Gasteiger partial charge in [-0.25, -0.2) is 9.59 Å². The fraction of sp³-hybridized carbons (Fsp3) is 0.692. The Morgan fingerprint density at radius 3 is 2.30 bits per heavy atom. The monoisotopic (exact) mass is 458 g/mol. The first-order chi connectivity index (χ1) is 15.8. The maximum Gasteiger partial charge on any atom is 0.410 e. The average molecular weight is 459 g/mol. The second kappa shape index (κ2) is 10.3. The summed E-state index contributed by atoms with van der Waals surface area (Å²) < 4.78 is 16.8. The van der Waals surface area contributed by atoms with Crippen molar-refractivity contribution < 1.29 is 23.8 Å². The van der Waals surface area contributed by atoms with E-state index in [0.29, 0.717) is 30.8 Å². The zero-order valence-corrected chi connectivity index (χ0v) is 20.2. The molecular weight excluding hydrogens is 420 g/mol. The molecule has 1 saturated carbocycles. The van der Waals surface area contributed by atoms with Crippen LogP contribution < -0.4 is 0 Å². The molecule has 2 aliphatic heterocycles. The Bertz CT molecular complexity index is 789. The summed E-state index contributed by atoms with van der Waals surface area (Å²) in [5.41, 5.74) is 0.508. The summed E-state index contributed by atoms with van der Waals surface area (Å²) in [6.07, 6.45) is 3.33. The minimum absolute atomic E-state index is 0.159. The zero-order chi connectivity index (χ0) is 23.4. The van der Waals surface area contributed by atoms with Crippen LogP contribution in [0.3, 0.4) is 0 Å². The summed E-state index contributed by atoms with van der Waals surface area (Å²) in [7, 11) is 0. The SMILES string of the molecule is CC(C)(C)OC(=O)N1CC2C[C@@H](N(CC3CCOCC3)C(=O)OCc3ccccc3)C[C@H]2C1. The molecule has 0 radical (unpaired) electrons. The highest BCUT2D eigenvalue weighted by Gasteiger charge is 2.46. The highest BCUT2D eigenvalue weighted by Crippen LogP contribution is 2.41. The molecule has 7 heteroatoms. The van der Waals surface area contributed by atoms with Gasteiger partial charge in [-0.3, -0.25) is 0 Å². The van der Waals surface area contributed by atoms with Gasteiger partial charge in [0.1, 0.15) is 12.2 Å². The predicted octanol–water partition coefficient (Wildman–Crippen LogP) is 4.70. The number of carbonyl (C=O) groups is 2. The van der Waals surface area contributed by atoms with Gasteiger partial charge >= 0.3 is 12.2 Å². The number of likely N-dealkylation sites (tertiary alicyclic amines) is 1. The number of amides is 2. The van der Waals surface area contributed by atoms with Gasteiger partial charge in [0.25, 0.3) is 0 Å².